The van der Waals surface area contributed by atoms with E-state index < -0.39 is 0 Å². The fraction of sp³-hybridized carbons (Fsp3) is 0.636. The number of carbonyl (C=O) groups is 2. The van der Waals surface area contributed by atoms with Gasteiger partial charge in [0.25, 0.3) is 5.91 Å². The summed E-state index contributed by atoms with van der Waals surface area (Å²) in [6.07, 6.45) is 7.32. The number of anilines is 1. The van der Waals surface area contributed by atoms with Crippen LogP contribution in [0.3, 0.4) is 0 Å². The van der Waals surface area contributed by atoms with E-state index >= 15 is 0 Å². The molecule has 5 nitrogen and oxygen atoms in total. The number of nitrogens with one attached hydrogen (secondary N) is 2. The van der Waals surface area contributed by atoms with Gasteiger partial charge in [0, 0.05) is 24.8 Å². The molecule has 0 aromatic heterocycles. The molecule has 148 valence electrons. The summed E-state index contributed by atoms with van der Waals surface area (Å²) in [7, 11) is 0. The molecule has 1 aliphatic heterocycles. The van der Waals surface area contributed by atoms with E-state index in [1.54, 1.807) is 6.07 Å². The lowest BCUT2D eigenvalue weighted by atomic mass is 9.78. The molecule has 1 saturated heterocycles. The first kappa shape index (κ1) is 19.7. The smallest absolute Gasteiger partial charge is 0.253 e. The van der Waals surface area contributed by atoms with Crippen molar-refractivity contribution in [3.05, 3.63) is 29.8 Å². The van der Waals surface area contributed by atoms with Crippen LogP contribution in [0.1, 0.15) is 62.7 Å². The normalized spacial score (nSPS) is 22.3. The van der Waals surface area contributed by atoms with Crippen molar-refractivity contribution in [2.75, 3.05) is 25.0 Å². The number of piperidine rings is 1. The highest BCUT2D eigenvalue weighted by Crippen LogP contribution is 2.35. The lowest BCUT2D eigenvalue weighted by Gasteiger charge is -2.44. The lowest BCUT2D eigenvalue weighted by molar-refractivity contribution is -0.135. The molecule has 3 rings (SSSR count). The minimum absolute atomic E-state index is 0.0930. The van der Waals surface area contributed by atoms with Crippen LogP contribution in [0.2, 0.25) is 0 Å². The third-order valence-corrected chi connectivity index (χ3v) is 5.84. The molecule has 1 aliphatic carbocycles. The number of carbonyl (C=O) groups excluding carboxylic acids is 2. The van der Waals surface area contributed by atoms with Crippen molar-refractivity contribution in [3.8, 4) is 0 Å². The Morgan fingerprint density at radius 1 is 1.11 bits per heavy atom. The van der Waals surface area contributed by atoms with E-state index in [0.717, 1.165) is 25.1 Å². The molecule has 0 spiro atoms. The van der Waals surface area contributed by atoms with Crippen molar-refractivity contribution in [2.24, 2.45) is 11.8 Å². The molecule has 2 aliphatic rings. The lowest BCUT2D eigenvalue weighted by Crippen LogP contribution is -2.51. The summed E-state index contributed by atoms with van der Waals surface area (Å²) in [4.78, 5) is 27.4. The molecule has 2 amide bonds. The average molecular weight is 372 g/mol. The summed E-state index contributed by atoms with van der Waals surface area (Å²) < 4.78 is 0. The summed E-state index contributed by atoms with van der Waals surface area (Å²) in [6.45, 7) is 5.90. The molecular weight excluding hydrogens is 338 g/mol. The SMILES string of the molecule is CC(C)CNC(=O)c1ccccc1NCC(=O)N1CCCC2CCCCC21. The zero-order chi connectivity index (χ0) is 19.2. The highest BCUT2D eigenvalue weighted by molar-refractivity contribution is 6.00. The Morgan fingerprint density at radius 3 is 2.67 bits per heavy atom. The number of hydrogen-bond donors (Lipinski definition) is 2. The molecule has 1 aromatic rings. The Hall–Kier alpha value is -2.04. The third kappa shape index (κ3) is 5.02. The average Bonchev–Trinajstić information content (AvgIpc) is 2.70. The maximum atomic E-state index is 12.9. The number of fused-ring (bicyclic) bond motifs is 1. The molecule has 1 saturated carbocycles. The maximum Gasteiger partial charge on any atom is 0.253 e. The number of nitrogens with zero attached hydrogens (tertiary/aromatic N) is 1. The van der Waals surface area contributed by atoms with Gasteiger partial charge in [-0.05, 0) is 49.7 Å². The van der Waals surface area contributed by atoms with Gasteiger partial charge in [0.05, 0.1) is 12.1 Å². The molecule has 2 atom stereocenters. The Labute approximate surface area is 162 Å². The zero-order valence-corrected chi connectivity index (χ0v) is 16.7. The van der Waals surface area contributed by atoms with Crippen molar-refractivity contribution < 1.29 is 9.59 Å². The highest BCUT2D eigenvalue weighted by Gasteiger charge is 2.35. The van der Waals surface area contributed by atoms with Crippen molar-refractivity contribution in [1.29, 1.82) is 0 Å². The second-order valence-electron chi connectivity index (χ2n) is 8.34. The van der Waals surface area contributed by atoms with E-state index in [0.29, 0.717) is 30.0 Å². The van der Waals surface area contributed by atoms with Gasteiger partial charge < -0.3 is 15.5 Å². The second-order valence-corrected chi connectivity index (χ2v) is 8.34. The standard InChI is InChI=1S/C22H33N3O2/c1-16(2)14-24-22(27)18-10-4-5-11-19(18)23-15-21(26)25-13-7-9-17-8-3-6-12-20(17)25/h4-5,10-11,16-17,20,23H,3,6-9,12-15H2,1-2H3,(H,24,27). The molecule has 1 heterocycles. The van der Waals surface area contributed by atoms with Gasteiger partial charge in [0.15, 0.2) is 0 Å². The molecule has 2 fully saturated rings. The van der Waals surface area contributed by atoms with Crippen LogP contribution in [0.25, 0.3) is 0 Å². The van der Waals surface area contributed by atoms with Crippen molar-refractivity contribution in [3.63, 3.8) is 0 Å². The molecule has 5 heteroatoms. The van der Waals surface area contributed by atoms with Gasteiger partial charge in [-0.15, -0.1) is 0 Å². The van der Waals surface area contributed by atoms with E-state index in [1.807, 2.05) is 18.2 Å². The predicted molar refractivity (Wildman–Crippen MR) is 109 cm³/mol. The summed E-state index contributed by atoms with van der Waals surface area (Å²) in [5.74, 6) is 1.15. The van der Waals surface area contributed by atoms with Crippen molar-refractivity contribution in [1.82, 2.24) is 10.2 Å². The van der Waals surface area contributed by atoms with Crippen molar-refractivity contribution >= 4 is 17.5 Å². The van der Waals surface area contributed by atoms with E-state index in [2.05, 4.69) is 29.4 Å². The first-order valence-corrected chi connectivity index (χ1v) is 10.5. The van der Waals surface area contributed by atoms with E-state index in [1.165, 1.54) is 25.7 Å². The summed E-state index contributed by atoms with van der Waals surface area (Å²) in [6, 6.07) is 7.85. The second kappa shape index (κ2) is 9.25. The summed E-state index contributed by atoms with van der Waals surface area (Å²) >= 11 is 0. The maximum absolute atomic E-state index is 12.9. The van der Waals surface area contributed by atoms with E-state index in [4.69, 9.17) is 0 Å². The Balaban J connectivity index is 1.61. The molecular formula is C22H33N3O2. The Kier molecular flexibility index (Phi) is 6.75. The Morgan fingerprint density at radius 2 is 1.85 bits per heavy atom. The number of likely N-dealkylation sites (tertiary alicyclic amines) is 1. The number of benzene rings is 1. The monoisotopic (exact) mass is 371 g/mol. The Bertz CT molecular complexity index is 657. The largest absolute Gasteiger partial charge is 0.376 e. The number of hydrogen-bond acceptors (Lipinski definition) is 3. The highest BCUT2D eigenvalue weighted by atomic mass is 16.2. The van der Waals surface area contributed by atoms with E-state index in [9.17, 15) is 9.59 Å². The van der Waals surface area contributed by atoms with Crippen LogP contribution in [0.5, 0.6) is 0 Å². The van der Waals surface area contributed by atoms with E-state index in [-0.39, 0.29) is 18.4 Å². The fourth-order valence-corrected chi connectivity index (χ4v) is 4.43. The quantitative estimate of drug-likeness (QED) is 0.802. The molecule has 1 aromatic carbocycles. The van der Waals surface area contributed by atoms with Gasteiger partial charge in [0.2, 0.25) is 5.91 Å². The zero-order valence-electron chi connectivity index (χ0n) is 16.7. The molecule has 27 heavy (non-hydrogen) atoms. The van der Waals surface area contributed by atoms with Crippen LogP contribution in [-0.4, -0.2) is 42.4 Å². The van der Waals surface area contributed by atoms with Gasteiger partial charge >= 0.3 is 0 Å². The molecule has 0 bridgehead atoms. The van der Waals surface area contributed by atoms with Crippen LogP contribution in [0.15, 0.2) is 24.3 Å². The van der Waals surface area contributed by atoms with Crippen LogP contribution < -0.4 is 10.6 Å². The van der Waals surface area contributed by atoms with Crippen LogP contribution in [-0.2, 0) is 4.79 Å². The van der Waals surface area contributed by atoms with Crippen LogP contribution in [0, 0.1) is 11.8 Å². The topological polar surface area (TPSA) is 61.4 Å². The van der Waals surface area contributed by atoms with Gasteiger partial charge in [0.1, 0.15) is 0 Å². The number of amides is 2. The summed E-state index contributed by atoms with van der Waals surface area (Å²) in [5, 5.41) is 6.18. The first-order chi connectivity index (χ1) is 13.1. The van der Waals surface area contributed by atoms with Gasteiger partial charge in [-0.25, -0.2) is 0 Å². The fourth-order valence-electron chi connectivity index (χ4n) is 4.43. The van der Waals surface area contributed by atoms with Gasteiger partial charge in [-0.1, -0.05) is 38.8 Å². The van der Waals surface area contributed by atoms with Gasteiger partial charge in [-0.2, -0.15) is 0 Å². The van der Waals surface area contributed by atoms with Crippen LogP contribution >= 0.6 is 0 Å². The minimum Gasteiger partial charge on any atom is -0.376 e. The van der Waals surface area contributed by atoms with Crippen LogP contribution in [0.4, 0.5) is 5.69 Å². The molecule has 0 radical (unpaired) electrons. The van der Waals surface area contributed by atoms with Crippen molar-refractivity contribution in [2.45, 2.75) is 58.4 Å². The number of rotatable bonds is 6. The summed E-state index contributed by atoms with van der Waals surface area (Å²) in [5.41, 5.74) is 1.32. The molecule has 2 unspecified atom stereocenters. The first-order valence-electron chi connectivity index (χ1n) is 10.5. The molecule has 2 N–H and O–H groups in total. The predicted octanol–water partition coefficient (Wildman–Crippen LogP) is 3.67. The minimum atomic E-state index is -0.0930. The number of para-hydroxylation sites is 1. The van der Waals surface area contributed by atoms with Gasteiger partial charge in [-0.3, -0.25) is 9.59 Å². The third-order valence-electron chi connectivity index (χ3n) is 5.84.